The minimum absolute atomic E-state index is 0.195. The molecule has 2 aromatic carbocycles. The summed E-state index contributed by atoms with van der Waals surface area (Å²) < 4.78 is 9.86. The molecule has 0 unspecified atom stereocenters. The lowest BCUT2D eigenvalue weighted by molar-refractivity contribution is -0.145. The predicted molar refractivity (Wildman–Crippen MR) is 101 cm³/mol. The number of nitrogens with one attached hydrogen (secondary N) is 1. The Balaban J connectivity index is 2.59. The third kappa shape index (κ3) is 5.43. The number of carbonyl (C=O) groups is 2. The van der Waals surface area contributed by atoms with Crippen molar-refractivity contribution in [2.75, 3.05) is 14.2 Å². The average molecular weight is 368 g/mol. The maximum absolute atomic E-state index is 12.2. The molecule has 0 radical (unpaired) electrons. The van der Waals surface area contributed by atoms with Crippen molar-refractivity contribution in [1.82, 2.24) is 5.48 Å². The molecule has 0 saturated carbocycles. The lowest BCUT2D eigenvalue weighted by Gasteiger charge is -2.14. The molecule has 0 aromatic heterocycles. The molecule has 140 valence electrons. The fraction of sp³-hybridized carbons (Fsp3) is 0.150. The van der Waals surface area contributed by atoms with Crippen LogP contribution in [0.2, 0.25) is 0 Å². The van der Waals surface area contributed by atoms with Crippen molar-refractivity contribution in [2.45, 2.75) is 6.92 Å². The molecular weight excluding hydrogens is 348 g/mol. The number of hydrogen-bond acceptors (Lipinski definition) is 6. The molecule has 0 aliphatic heterocycles. The fourth-order valence-electron chi connectivity index (χ4n) is 2.26. The van der Waals surface area contributed by atoms with Gasteiger partial charge in [0.05, 0.1) is 26.2 Å². The number of para-hydroxylation sites is 1. The Labute approximate surface area is 157 Å². The normalized spacial score (nSPS) is 11.5. The highest BCUT2D eigenvalue weighted by Crippen LogP contribution is 2.23. The Hall–Kier alpha value is -3.61. The van der Waals surface area contributed by atoms with Crippen LogP contribution >= 0.6 is 0 Å². The second-order valence-corrected chi connectivity index (χ2v) is 5.30. The van der Waals surface area contributed by atoms with Crippen molar-refractivity contribution >= 4 is 29.0 Å². The molecule has 2 aromatic rings. The van der Waals surface area contributed by atoms with Gasteiger partial charge in [0.25, 0.3) is 0 Å². The highest BCUT2D eigenvalue weighted by molar-refractivity contribution is 6.19. The number of esters is 1. The summed E-state index contributed by atoms with van der Waals surface area (Å²) in [6, 6.07) is 16.1. The number of methoxy groups -OCH3 is 2. The highest BCUT2D eigenvalue weighted by Gasteiger charge is 2.20. The number of nitrogens with zero attached hydrogens (tertiary/aromatic N) is 1. The van der Waals surface area contributed by atoms with Gasteiger partial charge in [-0.2, -0.15) is 5.48 Å². The van der Waals surface area contributed by atoms with Crippen LogP contribution in [0.25, 0.3) is 5.57 Å². The van der Waals surface area contributed by atoms with Crippen molar-refractivity contribution in [1.29, 1.82) is 0 Å². The summed E-state index contributed by atoms with van der Waals surface area (Å²) in [4.78, 5) is 32.9. The monoisotopic (exact) mass is 368 g/mol. The van der Waals surface area contributed by atoms with Crippen molar-refractivity contribution < 1.29 is 23.9 Å². The van der Waals surface area contributed by atoms with E-state index in [0.717, 1.165) is 0 Å². The van der Waals surface area contributed by atoms with E-state index in [1.54, 1.807) is 36.4 Å². The summed E-state index contributed by atoms with van der Waals surface area (Å²) in [5, 5.41) is 0. The molecule has 27 heavy (non-hydrogen) atoms. The molecule has 7 heteroatoms. The maximum atomic E-state index is 12.2. The zero-order valence-corrected chi connectivity index (χ0v) is 15.3. The van der Waals surface area contributed by atoms with Gasteiger partial charge in [-0.1, -0.05) is 42.5 Å². The molecule has 0 aliphatic carbocycles. The molecule has 0 bridgehead atoms. The zero-order valence-electron chi connectivity index (χ0n) is 15.3. The number of carbonyl (C=O) groups excluding carboxylic acids is 2. The summed E-state index contributed by atoms with van der Waals surface area (Å²) >= 11 is 0. The van der Waals surface area contributed by atoms with Crippen molar-refractivity contribution in [3.05, 3.63) is 72.0 Å². The first-order valence-corrected chi connectivity index (χ1v) is 8.05. The minimum Gasteiger partial charge on any atom is -0.503 e. The van der Waals surface area contributed by atoms with Gasteiger partial charge >= 0.3 is 11.9 Å². The number of aliphatic imine (C=N–C) groups is 1. The quantitative estimate of drug-likeness (QED) is 0.218. The number of rotatable bonds is 5. The van der Waals surface area contributed by atoms with E-state index in [4.69, 9.17) is 14.3 Å². The number of amidine groups is 1. The van der Waals surface area contributed by atoms with Gasteiger partial charge in [-0.25, -0.2) is 9.79 Å². The topological polar surface area (TPSA) is 86.2 Å². The van der Waals surface area contributed by atoms with Gasteiger partial charge in [0.1, 0.15) is 5.57 Å². The maximum Gasteiger partial charge on any atom is 0.341 e. The standard InChI is InChI=1S/C20H20N2O5/c1-14(23)27-22-19(21-15-9-5-4-6-10-15)17-12-8-7-11-16(17)18(13-25-2)20(24)26-3/h4-13H,1-3H3,(H,21,22). The average Bonchev–Trinajstić information content (AvgIpc) is 2.69. The molecule has 0 fully saturated rings. The van der Waals surface area contributed by atoms with Crippen LogP contribution in [0.15, 0.2) is 65.9 Å². The number of benzene rings is 2. The largest absolute Gasteiger partial charge is 0.503 e. The SMILES string of the molecule is COC=C(C(=O)OC)c1ccccc1C(=Nc1ccccc1)NOC(C)=O. The number of hydroxylamine groups is 1. The van der Waals surface area contributed by atoms with Gasteiger partial charge in [-0.15, -0.1) is 0 Å². The summed E-state index contributed by atoms with van der Waals surface area (Å²) in [7, 11) is 2.71. The van der Waals surface area contributed by atoms with Crippen LogP contribution in [-0.2, 0) is 23.9 Å². The Bertz CT molecular complexity index is 860. The van der Waals surface area contributed by atoms with Crippen molar-refractivity contribution in [3.8, 4) is 0 Å². The van der Waals surface area contributed by atoms with Crippen LogP contribution in [0, 0.1) is 0 Å². The van der Waals surface area contributed by atoms with E-state index in [0.29, 0.717) is 16.8 Å². The Morgan fingerprint density at radius 2 is 1.59 bits per heavy atom. The molecule has 0 aliphatic rings. The van der Waals surface area contributed by atoms with Gasteiger partial charge in [0, 0.05) is 18.1 Å². The lowest BCUT2D eigenvalue weighted by Crippen LogP contribution is -2.28. The fourth-order valence-corrected chi connectivity index (χ4v) is 2.26. The summed E-state index contributed by atoms with van der Waals surface area (Å²) in [5.74, 6) is -0.859. The van der Waals surface area contributed by atoms with Crippen LogP contribution in [0.3, 0.4) is 0 Å². The Kier molecular flexibility index (Phi) is 7.13. The minimum atomic E-state index is -0.573. The molecule has 0 spiro atoms. The lowest BCUT2D eigenvalue weighted by atomic mass is 9.99. The van der Waals surface area contributed by atoms with E-state index in [1.165, 1.54) is 27.4 Å². The smallest absolute Gasteiger partial charge is 0.341 e. The first kappa shape index (κ1) is 19.7. The van der Waals surface area contributed by atoms with Gasteiger partial charge in [-0.05, 0) is 12.1 Å². The van der Waals surface area contributed by atoms with Crippen LogP contribution < -0.4 is 5.48 Å². The first-order valence-electron chi connectivity index (χ1n) is 8.05. The second-order valence-electron chi connectivity index (χ2n) is 5.30. The van der Waals surface area contributed by atoms with Crippen LogP contribution in [0.5, 0.6) is 0 Å². The predicted octanol–water partition coefficient (Wildman–Crippen LogP) is 2.99. The molecular formula is C20H20N2O5. The molecule has 7 nitrogen and oxygen atoms in total. The molecule has 0 saturated heterocycles. The van der Waals surface area contributed by atoms with Crippen molar-refractivity contribution in [3.63, 3.8) is 0 Å². The van der Waals surface area contributed by atoms with Crippen molar-refractivity contribution in [2.24, 2.45) is 4.99 Å². The number of ether oxygens (including phenoxy) is 2. The number of hydrogen-bond donors (Lipinski definition) is 1. The van der Waals surface area contributed by atoms with Gasteiger partial charge in [0.2, 0.25) is 0 Å². The van der Waals surface area contributed by atoms with E-state index in [2.05, 4.69) is 10.5 Å². The van der Waals surface area contributed by atoms with E-state index in [9.17, 15) is 9.59 Å². The van der Waals surface area contributed by atoms with Crippen LogP contribution in [-0.4, -0.2) is 32.0 Å². The van der Waals surface area contributed by atoms with Crippen LogP contribution in [0.1, 0.15) is 18.1 Å². The summed E-state index contributed by atoms with van der Waals surface area (Å²) in [6.07, 6.45) is 1.29. The third-order valence-electron chi connectivity index (χ3n) is 3.40. The summed E-state index contributed by atoms with van der Waals surface area (Å²) in [6.45, 7) is 1.27. The van der Waals surface area contributed by atoms with Gasteiger partial charge in [0.15, 0.2) is 5.84 Å². The molecule has 0 heterocycles. The van der Waals surface area contributed by atoms with Gasteiger partial charge < -0.3 is 14.3 Å². The molecule has 0 atom stereocenters. The third-order valence-corrected chi connectivity index (χ3v) is 3.40. The molecule has 2 rings (SSSR count). The van der Waals surface area contributed by atoms with E-state index >= 15 is 0 Å². The Morgan fingerprint density at radius 1 is 0.963 bits per heavy atom. The molecule has 1 N–H and O–H groups in total. The first-order chi connectivity index (χ1) is 13.1. The molecule has 0 amide bonds. The summed E-state index contributed by atoms with van der Waals surface area (Å²) in [5.41, 5.74) is 4.42. The van der Waals surface area contributed by atoms with E-state index < -0.39 is 11.9 Å². The zero-order chi connectivity index (χ0) is 19.6. The van der Waals surface area contributed by atoms with E-state index in [1.807, 2.05) is 18.2 Å². The van der Waals surface area contributed by atoms with E-state index in [-0.39, 0.29) is 11.4 Å². The van der Waals surface area contributed by atoms with Gasteiger partial charge in [-0.3, -0.25) is 4.79 Å². The Morgan fingerprint density at radius 3 is 2.19 bits per heavy atom. The highest BCUT2D eigenvalue weighted by atomic mass is 16.7. The van der Waals surface area contributed by atoms with Crippen LogP contribution in [0.4, 0.5) is 5.69 Å². The second kappa shape index (κ2) is 9.76.